The second kappa shape index (κ2) is 5.94. The van der Waals surface area contributed by atoms with Crippen molar-refractivity contribution in [2.75, 3.05) is 6.61 Å². The number of aromatic nitrogens is 2. The third-order valence-electron chi connectivity index (χ3n) is 2.29. The highest BCUT2D eigenvalue weighted by Crippen LogP contribution is 2.22. The molecule has 0 amide bonds. The van der Waals surface area contributed by atoms with Crippen molar-refractivity contribution in [2.24, 2.45) is 5.92 Å². The van der Waals surface area contributed by atoms with Crippen LogP contribution in [0.3, 0.4) is 0 Å². The fraction of sp³-hybridized carbons (Fsp3) is 0.500. The Morgan fingerprint density at radius 2 is 2.06 bits per heavy atom. The van der Waals surface area contributed by atoms with E-state index >= 15 is 0 Å². The summed E-state index contributed by atoms with van der Waals surface area (Å²) in [6, 6.07) is 1.94. The van der Waals surface area contributed by atoms with Crippen LogP contribution >= 0.6 is 0 Å². The Balaban J connectivity index is 2.98. The van der Waals surface area contributed by atoms with Gasteiger partial charge in [-0.3, -0.25) is 4.79 Å². The standard InChI is InChI=1S/C12H15N3O2/c1-4-17-12(16)10(8(2)3)11-14-6-9(5-13)7-15-11/h6-8,10H,4H2,1-3H3. The van der Waals surface area contributed by atoms with Gasteiger partial charge in [0.15, 0.2) is 0 Å². The Morgan fingerprint density at radius 1 is 1.47 bits per heavy atom. The maximum absolute atomic E-state index is 11.8. The quantitative estimate of drug-likeness (QED) is 0.739. The minimum atomic E-state index is -0.484. The summed E-state index contributed by atoms with van der Waals surface area (Å²) in [6.07, 6.45) is 2.83. The SMILES string of the molecule is CCOC(=O)C(c1ncc(C#N)cn1)C(C)C. The van der Waals surface area contributed by atoms with Crippen LogP contribution in [0.15, 0.2) is 12.4 Å². The van der Waals surface area contributed by atoms with Crippen LogP contribution in [0.2, 0.25) is 0 Å². The zero-order chi connectivity index (χ0) is 12.8. The predicted octanol–water partition coefficient (Wildman–Crippen LogP) is 1.65. The molecule has 0 aliphatic rings. The van der Waals surface area contributed by atoms with Gasteiger partial charge < -0.3 is 4.74 Å². The van der Waals surface area contributed by atoms with Gasteiger partial charge in [0, 0.05) is 12.4 Å². The van der Waals surface area contributed by atoms with Crippen LogP contribution in [0, 0.1) is 17.2 Å². The maximum atomic E-state index is 11.8. The van der Waals surface area contributed by atoms with E-state index in [-0.39, 0.29) is 11.9 Å². The summed E-state index contributed by atoms with van der Waals surface area (Å²) in [5.41, 5.74) is 0.375. The minimum Gasteiger partial charge on any atom is -0.465 e. The van der Waals surface area contributed by atoms with Crippen molar-refractivity contribution in [1.29, 1.82) is 5.26 Å². The van der Waals surface area contributed by atoms with Crippen molar-refractivity contribution < 1.29 is 9.53 Å². The molecule has 1 rings (SSSR count). The number of carbonyl (C=O) groups is 1. The molecule has 0 aliphatic carbocycles. The van der Waals surface area contributed by atoms with E-state index in [1.165, 1.54) is 12.4 Å². The van der Waals surface area contributed by atoms with Gasteiger partial charge >= 0.3 is 5.97 Å². The van der Waals surface area contributed by atoms with Crippen LogP contribution in [0.1, 0.15) is 38.1 Å². The first kappa shape index (κ1) is 13.1. The third-order valence-corrected chi connectivity index (χ3v) is 2.29. The average Bonchev–Trinajstić information content (AvgIpc) is 2.30. The molecule has 5 heteroatoms. The Kier molecular flexibility index (Phi) is 4.58. The highest BCUT2D eigenvalue weighted by molar-refractivity contribution is 5.77. The molecule has 0 bridgehead atoms. The summed E-state index contributed by atoms with van der Waals surface area (Å²) in [5, 5.41) is 8.65. The zero-order valence-electron chi connectivity index (χ0n) is 10.2. The number of ether oxygens (including phenoxy) is 1. The Morgan fingerprint density at radius 3 is 2.47 bits per heavy atom. The fourth-order valence-corrected chi connectivity index (χ4v) is 1.46. The first-order valence-corrected chi connectivity index (χ1v) is 5.48. The molecular weight excluding hydrogens is 218 g/mol. The van der Waals surface area contributed by atoms with E-state index in [0.717, 1.165) is 0 Å². The van der Waals surface area contributed by atoms with Gasteiger partial charge in [0.25, 0.3) is 0 Å². The molecule has 0 spiro atoms. The largest absolute Gasteiger partial charge is 0.465 e. The molecule has 0 radical (unpaired) electrons. The molecule has 0 saturated heterocycles. The Bertz CT molecular complexity index is 420. The van der Waals surface area contributed by atoms with E-state index in [0.29, 0.717) is 18.0 Å². The highest BCUT2D eigenvalue weighted by atomic mass is 16.5. The molecule has 1 aromatic heterocycles. The molecule has 17 heavy (non-hydrogen) atoms. The van der Waals surface area contributed by atoms with E-state index in [9.17, 15) is 4.79 Å². The van der Waals surface area contributed by atoms with Crippen molar-refractivity contribution in [3.05, 3.63) is 23.8 Å². The van der Waals surface area contributed by atoms with E-state index in [1.807, 2.05) is 19.9 Å². The van der Waals surface area contributed by atoms with Gasteiger partial charge in [-0.1, -0.05) is 13.8 Å². The van der Waals surface area contributed by atoms with Crippen LogP contribution in [0.25, 0.3) is 0 Å². The molecule has 0 aliphatic heterocycles. The fourth-order valence-electron chi connectivity index (χ4n) is 1.46. The molecule has 0 N–H and O–H groups in total. The topological polar surface area (TPSA) is 75.9 Å². The lowest BCUT2D eigenvalue weighted by Crippen LogP contribution is -2.23. The monoisotopic (exact) mass is 233 g/mol. The van der Waals surface area contributed by atoms with E-state index in [4.69, 9.17) is 10.00 Å². The first-order chi connectivity index (χ1) is 8.10. The van der Waals surface area contributed by atoms with Gasteiger partial charge in [-0.15, -0.1) is 0 Å². The molecule has 1 unspecified atom stereocenters. The van der Waals surface area contributed by atoms with E-state index in [2.05, 4.69) is 9.97 Å². The smallest absolute Gasteiger partial charge is 0.316 e. The Hall–Kier alpha value is -1.96. The Labute approximate surface area is 100 Å². The number of hydrogen-bond acceptors (Lipinski definition) is 5. The number of esters is 1. The predicted molar refractivity (Wildman–Crippen MR) is 61.0 cm³/mol. The van der Waals surface area contributed by atoms with Gasteiger partial charge in [-0.25, -0.2) is 9.97 Å². The number of rotatable bonds is 4. The lowest BCUT2D eigenvalue weighted by atomic mass is 9.95. The van der Waals surface area contributed by atoms with Gasteiger partial charge in [0.05, 0.1) is 12.2 Å². The summed E-state index contributed by atoms with van der Waals surface area (Å²) >= 11 is 0. The van der Waals surface area contributed by atoms with Crippen molar-refractivity contribution >= 4 is 5.97 Å². The first-order valence-electron chi connectivity index (χ1n) is 5.48. The summed E-state index contributed by atoms with van der Waals surface area (Å²) in [7, 11) is 0. The molecule has 0 fully saturated rings. The zero-order valence-corrected chi connectivity index (χ0v) is 10.2. The molecule has 0 saturated carbocycles. The van der Waals surface area contributed by atoms with Crippen LogP contribution < -0.4 is 0 Å². The lowest BCUT2D eigenvalue weighted by molar-refractivity contribution is -0.146. The van der Waals surface area contributed by atoms with Crippen molar-refractivity contribution in [2.45, 2.75) is 26.7 Å². The van der Waals surface area contributed by atoms with E-state index in [1.54, 1.807) is 6.92 Å². The van der Waals surface area contributed by atoms with E-state index < -0.39 is 5.92 Å². The van der Waals surface area contributed by atoms with Gasteiger partial charge in [-0.2, -0.15) is 5.26 Å². The maximum Gasteiger partial charge on any atom is 0.316 e. The lowest BCUT2D eigenvalue weighted by Gasteiger charge is -2.17. The summed E-state index contributed by atoms with van der Waals surface area (Å²) in [4.78, 5) is 19.9. The highest BCUT2D eigenvalue weighted by Gasteiger charge is 2.28. The normalized spacial score (nSPS) is 11.9. The summed E-state index contributed by atoms with van der Waals surface area (Å²) in [5.74, 6) is -0.366. The number of nitrogens with zero attached hydrogens (tertiary/aromatic N) is 3. The van der Waals surface area contributed by atoms with Gasteiger partial charge in [0.1, 0.15) is 17.8 Å². The molecule has 0 aromatic carbocycles. The van der Waals surface area contributed by atoms with Crippen molar-refractivity contribution in [3.63, 3.8) is 0 Å². The second-order valence-corrected chi connectivity index (χ2v) is 3.92. The molecular formula is C12H15N3O2. The molecule has 1 heterocycles. The van der Waals surface area contributed by atoms with Crippen LogP contribution in [-0.4, -0.2) is 22.5 Å². The third kappa shape index (κ3) is 3.25. The van der Waals surface area contributed by atoms with Crippen LogP contribution in [0.4, 0.5) is 0 Å². The van der Waals surface area contributed by atoms with Crippen LogP contribution in [0.5, 0.6) is 0 Å². The molecule has 1 aromatic rings. The minimum absolute atomic E-state index is 0.0435. The van der Waals surface area contributed by atoms with Gasteiger partial charge in [0.2, 0.25) is 0 Å². The molecule has 5 nitrogen and oxygen atoms in total. The van der Waals surface area contributed by atoms with Gasteiger partial charge in [-0.05, 0) is 12.8 Å². The summed E-state index contributed by atoms with van der Waals surface area (Å²) in [6.45, 7) is 5.90. The molecule has 90 valence electrons. The van der Waals surface area contributed by atoms with Crippen LogP contribution in [-0.2, 0) is 9.53 Å². The second-order valence-electron chi connectivity index (χ2n) is 3.92. The van der Waals surface area contributed by atoms with Crippen molar-refractivity contribution in [1.82, 2.24) is 9.97 Å². The summed E-state index contributed by atoms with van der Waals surface area (Å²) < 4.78 is 4.99. The molecule has 1 atom stereocenters. The average molecular weight is 233 g/mol. The number of nitriles is 1. The number of hydrogen-bond donors (Lipinski definition) is 0. The van der Waals surface area contributed by atoms with Crippen molar-refractivity contribution in [3.8, 4) is 6.07 Å². The number of carbonyl (C=O) groups excluding carboxylic acids is 1.